The van der Waals surface area contributed by atoms with Crippen molar-refractivity contribution in [2.45, 2.75) is 43.1 Å². The Labute approximate surface area is 119 Å². The topological polar surface area (TPSA) is 95.5 Å². The molecule has 1 aromatic rings. The Morgan fingerprint density at radius 2 is 2.00 bits per heavy atom. The van der Waals surface area contributed by atoms with Crippen LogP contribution in [0.15, 0.2) is 17.0 Å². The van der Waals surface area contributed by atoms with E-state index in [0.29, 0.717) is 10.6 Å². The number of anilines is 1. The molecule has 1 unspecified atom stereocenters. The van der Waals surface area contributed by atoms with Crippen LogP contribution in [0.4, 0.5) is 11.4 Å². The summed E-state index contributed by atoms with van der Waals surface area (Å²) in [6.45, 7) is 0. The molecule has 20 heavy (non-hydrogen) atoms. The Morgan fingerprint density at radius 1 is 1.35 bits per heavy atom. The molecule has 1 atom stereocenters. The van der Waals surface area contributed by atoms with Crippen LogP contribution in [0.1, 0.15) is 32.1 Å². The number of benzene rings is 1. The highest BCUT2D eigenvalue weighted by Gasteiger charge is 2.22. The van der Waals surface area contributed by atoms with Crippen molar-refractivity contribution in [2.24, 2.45) is 0 Å². The highest BCUT2D eigenvalue weighted by molar-refractivity contribution is 7.84. The lowest BCUT2D eigenvalue weighted by molar-refractivity contribution is -0.384. The van der Waals surface area contributed by atoms with E-state index >= 15 is 0 Å². The fourth-order valence-electron chi connectivity index (χ4n) is 2.40. The van der Waals surface area contributed by atoms with Crippen LogP contribution < -0.4 is 10.5 Å². The maximum Gasteiger partial charge on any atom is 0.295 e. The summed E-state index contributed by atoms with van der Waals surface area (Å²) >= 11 is 0. The van der Waals surface area contributed by atoms with Gasteiger partial charge in [0.1, 0.15) is 11.4 Å². The van der Waals surface area contributed by atoms with Gasteiger partial charge in [-0.05, 0) is 31.7 Å². The van der Waals surface area contributed by atoms with Gasteiger partial charge in [0, 0.05) is 6.26 Å². The van der Waals surface area contributed by atoms with E-state index in [4.69, 9.17) is 10.5 Å². The third kappa shape index (κ3) is 3.27. The van der Waals surface area contributed by atoms with Gasteiger partial charge in [-0.1, -0.05) is 6.42 Å². The van der Waals surface area contributed by atoms with Gasteiger partial charge in [-0.25, -0.2) is 0 Å². The van der Waals surface area contributed by atoms with Crippen LogP contribution >= 0.6 is 0 Å². The Hall–Kier alpha value is -1.63. The van der Waals surface area contributed by atoms with E-state index in [-0.39, 0.29) is 17.5 Å². The molecular formula is C13H18N2O4S. The first kappa shape index (κ1) is 14.8. The molecule has 2 rings (SSSR count). The molecule has 2 N–H and O–H groups in total. The molecule has 1 aliphatic rings. The number of nitro groups is 1. The summed E-state index contributed by atoms with van der Waals surface area (Å²) in [6, 6.07) is 2.67. The second-order valence-electron chi connectivity index (χ2n) is 4.95. The average molecular weight is 298 g/mol. The van der Waals surface area contributed by atoms with Crippen LogP contribution in [0.2, 0.25) is 0 Å². The first-order valence-corrected chi connectivity index (χ1v) is 8.13. The first-order chi connectivity index (χ1) is 9.49. The van der Waals surface area contributed by atoms with Gasteiger partial charge in [0.25, 0.3) is 5.69 Å². The van der Waals surface area contributed by atoms with Crippen molar-refractivity contribution >= 4 is 22.2 Å². The van der Waals surface area contributed by atoms with Crippen LogP contribution in [0.5, 0.6) is 5.75 Å². The highest BCUT2D eigenvalue weighted by Crippen LogP contribution is 2.34. The summed E-state index contributed by atoms with van der Waals surface area (Å²) in [7, 11) is -1.30. The van der Waals surface area contributed by atoms with Crippen molar-refractivity contribution in [3.63, 3.8) is 0 Å². The predicted octanol–water partition coefficient (Wildman–Crippen LogP) is 2.63. The Balaban J connectivity index is 2.34. The molecule has 1 fully saturated rings. The molecule has 0 bridgehead atoms. The number of nitrogens with zero attached hydrogens (tertiary/aromatic N) is 1. The van der Waals surface area contributed by atoms with Crippen molar-refractivity contribution in [3.05, 3.63) is 22.2 Å². The fraction of sp³-hybridized carbons (Fsp3) is 0.538. The smallest absolute Gasteiger partial charge is 0.295 e. The van der Waals surface area contributed by atoms with Crippen molar-refractivity contribution in [3.8, 4) is 5.75 Å². The average Bonchev–Trinajstić information content (AvgIpc) is 2.41. The zero-order valence-electron chi connectivity index (χ0n) is 11.3. The summed E-state index contributed by atoms with van der Waals surface area (Å²) in [5, 5.41) is 10.9. The second-order valence-corrected chi connectivity index (χ2v) is 6.29. The number of hydrogen-bond donors (Lipinski definition) is 1. The molecule has 1 saturated carbocycles. The van der Waals surface area contributed by atoms with Gasteiger partial charge in [-0.2, -0.15) is 0 Å². The lowest BCUT2D eigenvalue weighted by atomic mass is 9.98. The molecule has 0 aromatic heterocycles. The summed E-state index contributed by atoms with van der Waals surface area (Å²) in [4.78, 5) is 10.8. The summed E-state index contributed by atoms with van der Waals surface area (Å²) in [6.07, 6.45) is 6.76. The van der Waals surface area contributed by atoms with Crippen molar-refractivity contribution in [1.29, 1.82) is 0 Å². The Morgan fingerprint density at radius 3 is 2.55 bits per heavy atom. The quantitative estimate of drug-likeness (QED) is 0.523. The van der Waals surface area contributed by atoms with Crippen molar-refractivity contribution < 1.29 is 13.9 Å². The van der Waals surface area contributed by atoms with Gasteiger partial charge in [-0.15, -0.1) is 0 Å². The van der Waals surface area contributed by atoms with Crippen LogP contribution in [0.25, 0.3) is 0 Å². The SMILES string of the molecule is CS(=O)c1cc(N)c([N+](=O)[O-])cc1OC1CCCCC1. The Kier molecular flexibility index (Phi) is 4.59. The molecule has 1 aliphatic carbocycles. The normalized spacial score (nSPS) is 17.6. The molecule has 1 aromatic carbocycles. The van der Waals surface area contributed by atoms with Gasteiger partial charge < -0.3 is 10.5 Å². The summed E-state index contributed by atoms with van der Waals surface area (Å²) in [5.41, 5.74) is 5.44. The minimum atomic E-state index is -1.30. The highest BCUT2D eigenvalue weighted by atomic mass is 32.2. The van der Waals surface area contributed by atoms with Crippen LogP contribution in [0.3, 0.4) is 0 Å². The van der Waals surface area contributed by atoms with Crippen LogP contribution in [-0.2, 0) is 10.8 Å². The van der Waals surface area contributed by atoms with E-state index < -0.39 is 15.7 Å². The standard InChI is InChI=1S/C13H18N2O4S/c1-20(18)13-7-10(14)11(15(16)17)8-12(13)19-9-5-3-2-4-6-9/h7-9H,2-6,14H2,1H3. The van der Waals surface area contributed by atoms with Crippen LogP contribution in [-0.4, -0.2) is 21.5 Å². The predicted molar refractivity (Wildman–Crippen MR) is 77.3 cm³/mol. The van der Waals surface area contributed by atoms with Crippen molar-refractivity contribution in [2.75, 3.05) is 12.0 Å². The monoisotopic (exact) mass is 298 g/mol. The zero-order chi connectivity index (χ0) is 14.7. The van der Waals surface area contributed by atoms with Crippen molar-refractivity contribution in [1.82, 2.24) is 0 Å². The van der Waals surface area contributed by atoms with E-state index in [0.717, 1.165) is 25.7 Å². The number of hydrogen-bond acceptors (Lipinski definition) is 5. The number of rotatable bonds is 4. The molecule has 0 spiro atoms. The van der Waals surface area contributed by atoms with E-state index in [1.165, 1.54) is 24.8 Å². The fourth-order valence-corrected chi connectivity index (χ4v) is 3.09. The van der Waals surface area contributed by atoms with Crippen LogP contribution in [0, 0.1) is 10.1 Å². The number of ether oxygens (including phenoxy) is 1. The van der Waals surface area contributed by atoms with E-state index in [2.05, 4.69) is 0 Å². The number of nitrogen functional groups attached to an aromatic ring is 1. The van der Waals surface area contributed by atoms with E-state index in [1.807, 2.05) is 0 Å². The van der Waals surface area contributed by atoms with E-state index in [9.17, 15) is 14.3 Å². The number of nitrogens with two attached hydrogens (primary N) is 1. The van der Waals surface area contributed by atoms with Gasteiger partial charge in [0.15, 0.2) is 0 Å². The second kappa shape index (κ2) is 6.21. The molecule has 0 heterocycles. The van der Waals surface area contributed by atoms with Gasteiger partial charge in [0.2, 0.25) is 0 Å². The van der Waals surface area contributed by atoms with Gasteiger partial charge in [-0.3, -0.25) is 14.3 Å². The minimum Gasteiger partial charge on any atom is -0.489 e. The molecule has 0 aliphatic heterocycles. The molecule has 0 saturated heterocycles. The summed E-state index contributed by atoms with van der Waals surface area (Å²) in [5.74, 6) is 0.318. The molecule has 0 radical (unpaired) electrons. The van der Waals surface area contributed by atoms with E-state index in [1.54, 1.807) is 0 Å². The lowest BCUT2D eigenvalue weighted by Gasteiger charge is -2.24. The maximum atomic E-state index is 11.7. The largest absolute Gasteiger partial charge is 0.489 e. The molecule has 7 heteroatoms. The molecular weight excluding hydrogens is 280 g/mol. The summed E-state index contributed by atoms with van der Waals surface area (Å²) < 4.78 is 17.6. The minimum absolute atomic E-state index is 0.0104. The third-order valence-corrected chi connectivity index (χ3v) is 4.38. The third-order valence-electron chi connectivity index (χ3n) is 3.45. The number of nitro benzene ring substituents is 1. The molecule has 110 valence electrons. The zero-order valence-corrected chi connectivity index (χ0v) is 12.1. The van der Waals surface area contributed by atoms with Gasteiger partial charge in [0.05, 0.1) is 32.8 Å². The molecule has 6 nitrogen and oxygen atoms in total. The Bertz CT molecular complexity index is 541. The van der Waals surface area contributed by atoms with Gasteiger partial charge >= 0.3 is 0 Å². The maximum absolute atomic E-state index is 11.7. The lowest BCUT2D eigenvalue weighted by Crippen LogP contribution is -2.20. The molecule has 0 amide bonds. The first-order valence-electron chi connectivity index (χ1n) is 6.57.